The van der Waals surface area contributed by atoms with Crippen LogP contribution >= 0.6 is 0 Å². The number of aryl methyl sites for hydroxylation is 1. The van der Waals surface area contributed by atoms with Crippen LogP contribution in [-0.4, -0.2) is 25.5 Å². The zero-order valence-corrected chi connectivity index (χ0v) is 10.9. The summed E-state index contributed by atoms with van der Waals surface area (Å²) in [5.74, 6) is -0.580. The molecule has 106 valence electrons. The molecule has 0 unspecified atom stereocenters. The fraction of sp³-hybridized carbons (Fsp3) is 0.0769. The van der Waals surface area contributed by atoms with Crippen molar-refractivity contribution in [2.75, 3.05) is 5.32 Å². The van der Waals surface area contributed by atoms with Crippen molar-refractivity contribution in [1.29, 1.82) is 0 Å². The van der Waals surface area contributed by atoms with Crippen LogP contribution in [0.2, 0.25) is 0 Å². The lowest BCUT2D eigenvalue weighted by molar-refractivity contribution is 0.102. The van der Waals surface area contributed by atoms with Gasteiger partial charge in [0.25, 0.3) is 11.5 Å². The Morgan fingerprint density at radius 3 is 2.90 bits per heavy atom. The van der Waals surface area contributed by atoms with Gasteiger partial charge in [-0.25, -0.2) is 4.39 Å². The van der Waals surface area contributed by atoms with Crippen molar-refractivity contribution in [2.24, 2.45) is 0 Å². The molecule has 3 aromatic rings. The summed E-state index contributed by atoms with van der Waals surface area (Å²) in [5, 5.41) is 6.51. The van der Waals surface area contributed by atoms with Crippen molar-refractivity contribution in [3.05, 3.63) is 57.9 Å². The average molecular weight is 287 g/mol. The molecule has 1 aromatic carbocycles. The van der Waals surface area contributed by atoms with Crippen LogP contribution in [0.1, 0.15) is 16.2 Å². The first-order valence-electron chi connectivity index (χ1n) is 6.07. The van der Waals surface area contributed by atoms with E-state index in [1.165, 1.54) is 22.7 Å². The zero-order valence-electron chi connectivity index (χ0n) is 10.9. The third-order valence-corrected chi connectivity index (χ3v) is 2.80. The lowest BCUT2D eigenvalue weighted by Gasteiger charge is -2.06. The van der Waals surface area contributed by atoms with Crippen LogP contribution in [0.15, 0.2) is 35.1 Å². The summed E-state index contributed by atoms with van der Waals surface area (Å²) in [7, 11) is 0. The number of halogens is 1. The highest BCUT2D eigenvalue weighted by molar-refractivity contribution is 6.04. The van der Waals surface area contributed by atoms with Gasteiger partial charge in [0.2, 0.25) is 5.78 Å². The maximum Gasteiger partial charge on any atom is 0.259 e. The van der Waals surface area contributed by atoms with E-state index in [0.717, 1.165) is 6.07 Å². The number of benzene rings is 1. The van der Waals surface area contributed by atoms with E-state index in [0.29, 0.717) is 5.82 Å². The molecule has 2 heterocycles. The van der Waals surface area contributed by atoms with Crippen LogP contribution in [0.5, 0.6) is 0 Å². The van der Waals surface area contributed by atoms with E-state index < -0.39 is 17.3 Å². The first kappa shape index (κ1) is 13.0. The van der Waals surface area contributed by atoms with Crippen LogP contribution in [-0.2, 0) is 0 Å². The Morgan fingerprint density at radius 1 is 1.38 bits per heavy atom. The number of fused-ring (bicyclic) bond motifs is 1. The highest BCUT2D eigenvalue weighted by atomic mass is 19.1. The SMILES string of the molecule is Cc1nc2[nH]c(=O)cc(NC(=O)c3ccccc3F)n2n1. The largest absolute Gasteiger partial charge is 0.306 e. The van der Waals surface area contributed by atoms with Gasteiger partial charge in [-0.15, -0.1) is 5.10 Å². The molecule has 0 aliphatic heterocycles. The number of carbonyl (C=O) groups excluding carboxylic acids is 1. The van der Waals surface area contributed by atoms with Gasteiger partial charge in [0, 0.05) is 6.07 Å². The molecule has 0 bridgehead atoms. The lowest BCUT2D eigenvalue weighted by Crippen LogP contribution is -2.19. The molecule has 3 rings (SSSR count). The first-order chi connectivity index (χ1) is 10.0. The molecule has 0 aliphatic rings. The predicted molar refractivity (Wildman–Crippen MR) is 72.7 cm³/mol. The molecule has 0 aliphatic carbocycles. The lowest BCUT2D eigenvalue weighted by atomic mass is 10.2. The molecule has 2 N–H and O–H groups in total. The fourth-order valence-corrected chi connectivity index (χ4v) is 1.91. The van der Waals surface area contributed by atoms with E-state index in [1.54, 1.807) is 13.0 Å². The van der Waals surface area contributed by atoms with Crippen molar-refractivity contribution < 1.29 is 9.18 Å². The minimum absolute atomic E-state index is 0.114. The summed E-state index contributed by atoms with van der Waals surface area (Å²) in [6.45, 7) is 1.65. The smallest absolute Gasteiger partial charge is 0.259 e. The number of nitrogens with zero attached hydrogens (tertiary/aromatic N) is 3. The van der Waals surface area contributed by atoms with Crippen LogP contribution in [0.25, 0.3) is 5.78 Å². The van der Waals surface area contributed by atoms with Gasteiger partial charge in [-0.2, -0.15) is 9.50 Å². The van der Waals surface area contributed by atoms with Gasteiger partial charge in [0.05, 0.1) is 5.56 Å². The van der Waals surface area contributed by atoms with Crippen molar-refractivity contribution in [3.63, 3.8) is 0 Å². The zero-order chi connectivity index (χ0) is 15.0. The number of anilines is 1. The highest BCUT2D eigenvalue weighted by Gasteiger charge is 2.14. The van der Waals surface area contributed by atoms with Crippen molar-refractivity contribution >= 4 is 17.5 Å². The summed E-state index contributed by atoms with van der Waals surface area (Å²) >= 11 is 0. The minimum atomic E-state index is -0.673. The third-order valence-electron chi connectivity index (χ3n) is 2.80. The molecule has 0 atom stereocenters. The average Bonchev–Trinajstić information content (AvgIpc) is 2.79. The normalized spacial score (nSPS) is 10.8. The molecule has 0 saturated carbocycles. The number of carbonyl (C=O) groups is 1. The number of H-pyrrole nitrogens is 1. The minimum Gasteiger partial charge on any atom is -0.306 e. The summed E-state index contributed by atoms with van der Waals surface area (Å²) in [5.41, 5.74) is -0.568. The number of amides is 1. The molecule has 0 spiro atoms. The van der Waals surface area contributed by atoms with Gasteiger partial charge >= 0.3 is 0 Å². The van der Waals surface area contributed by atoms with Crippen molar-refractivity contribution in [3.8, 4) is 0 Å². The van der Waals surface area contributed by atoms with E-state index >= 15 is 0 Å². The second-order valence-electron chi connectivity index (χ2n) is 4.35. The highest BCUT2D eigenvalue weighted by Crippen LogP contribution is 2.11. The van der Waals surface area contributed by atoms with Gasteiger partial charge in [-0.1, -0.05) is 12.1 Å². The maximum absolute atomic E-state index is 13.6. The summed E-state index contributed by atoms with van der Waals surface area (Å²) < 4.78 is 14.8. The van der Waals surface area contributed by atoms with Gasteiger partial charge in [-0.3, -0.25) is 14.6 Å². The van der Waals surface area contributed by atoms with Crippen LogP contribution in [0, 0.1) is 12.7 Å². The second-order valence-corrected chi connectivity index (χ2v) is 4.35. The standard InChI is InChI=1S/C13H10FN5O2/c1-7-15-13-17-11(20)6-10(19(13)18-7)16-12(21)8-4-2-3-5-9(8)14/h2-6H,1H3,(H,16,21)(H,15,17,18,20). The van der Waals surface area contributed by atoms with E-state index in [2.05, 4.69) is 20.4 Å². The second kappa shape index (κ2) is 4.82. The van der Waals surface area contributed by atoms with Gasteiger partial charge in [0.15, 0.2) is 0 Å². The van der Waals surface area contributed by atoms with Gasteiger partial charge in [0.1, 0.15) is 17.5 Å². The summed E-state index contributed by atoms with van der Waals surface area (Å²) in [6.07, 6.45) is 0. The fourth-order valence-electron chi connectivity index (χ4n) is 1.91. The quantitative estimate of drug-likeness (QED) is 0.738. The first-order valence-corrected chi connectivity index (χ1v) is 6.07. The molecule has 0 radical (unpaired) electrons. The number of rotatable bonds is 2. The molecular formula is C13H10FN5O2. The number of aromatic nitrogens is 4. The van der Waals surface area contributed by atoms with Crippen LogP contribution in [0.4, 0.5) is 10.2 Å². The Hall–Kier alpha value is -3.03. The molecule has 0 fully saturated rings. The number of hydrogen-bond acceptors (Lipinski definition) is 4. The van der Waals surface area contributed by atoms with Gasteiger partial charge < -0.3 is 5.32 Å². The molecule has 0 saturated heterocycles. The van der Waals surface area contributed by atoms with E-state index in [1.807, 2.05) is 0 Å². The molecule has 7 nitrogen and oxygen atoms in total. The van der Waals surface area contributed by atoms with Gasteiger partial charge in [-0.05, 0) is 19.1 Å². The number of nitrogens with one attached hydrogen (secondary N) is 2. The Morgan fingerprint density at radius 2 is 2.14 bits per heavy atom. The Labute approximate surface area is 117 Å². The summed E-state index contributed by atoms with van der Waals surface area (Å²) in [4.78, 5) is 30.1. The maximum atomic E-state index is 13.6. The van der Waals surface area contributed by atoms with Crippen molar-refractivity contribution in [1.82, 2.24) is 19.6 Å². The summed E-state index contributed by atoms with van der Waals surface area (Å²) in [6, 6.07) is 6.72. The van der Waals surface area contributed by atoms with E-state index in [4.69, 9.17) is 0 Å². The molecular weight excluding hydrogens is 277 g/mol. The molecule has 21 heavy (non-hydrogen) atoms. The Kier molecular flexibility index (Phi) is 2.98. The van der Waals surface area contributed by atoms with Crippen LogP contribution < -0.4 is 10.9 Å². The Bertz CT molecular complexity index is 899. The molecule has 2 aromatic heterocycles. The van der Waals surface area contributed by atoms with E-state index in [9.17, 15) is 14.0 Å². The molecule has 1 amide bonds. The predicted octanol–water partition coefficient (Wildman–Crippen LogP) is 1.12. The Balaban J connectivity index is 2.04. The number of aromatic amines is 1. The van der Waals surface area contributed by atoms with E-state index in [-0.39, 0.29) is 17.2 Å². The third kappa shape index (κ3) is 2.38. The monoisotopic (exact) mass is 287 g/mol. The van der Waals surface area contributed by atoms with Crippen molar-refractivity contribution in [2.45, 2.75) is 6.92 Å². The topological polar surface area (TPSA) is 92.1 Å². The number of hydrogen-bond donors (Lipinski definition) is 2. The molecule has 8 heteroatoms. The van der Waals surface area contributed by atoms with Crippen LogP contribution in [0.3, 0.4) is 0 Å².